The number of hydrogen-bond donors (Lipinski definition) is 1. The Morgan fingerprint density at radius 3 is 2.76 bits per heavy atom. The number of aryl methyl sites for hydroxylation is 2. The lowest BCUT2D eigenvalue weighted by atomic mass is 10.2. The zero-order valence-corrected chi connectivity index (χ0v) is 11.2. The fourth-order valence-corrected chi connectivity index (χ4v) is 4.31. The SMILES string of the molecule is Cc1ccc(C)c(S(=O)(=O)CC2CCNC2)c1. The van der Waals surface area contributed by atoms with E-state index in [0.29, 0.717) is 4.90 Å². The number of benzene rings is 1. The molecule has 1 aromatic rings. The second kappa shape index (κ2) is 4.78. The average molecular weight is 253 g/mol. The molecule has 2 rings (SSSR count). The Morgan fingerprint density at radius 2 is 2.12 bits per heavy atom. The normalized spacial score (nSPS) is 20.7. The monoisotopic (exact) mass is 253 g/mol. The van der Waals surface area contributed by atoms with E-state index in [0.717, 1.165) is 30.6 Å². The molecule has 17 heavy (non-hydrogen) atoms. The van der Waals surface area contributed by atoms with Crippen molar-refractivity contribution in [1.29, 1.82) is 0 Å². The standard InChI is InChI=1S/C13H19NO2S/c1-10-3-4-11(2)13(7-10)17(15,16)9-12-5-6-14-8-12/h3-4,7,12,14H,5-6,8-9H2,1-2H3. The summed E-state index contributed by atoms with van der Waals surface area (Å²) in [5.41, 5.74) is 1.85. The van der Waals surface area contributed by atoms with Crippen molar-refractivity contribution in [2.24, 2.45) is 5.92 Å². The summed E-state index contributed by atoms with van der Waals surface area (Å²) in [6, 6.07) is 5.62. The molecular formula is C13H19NO2S. The zero-order valence-electron chi connectivity index (χ0n) is 10.4. The molecule has 1 aromatic carbocycles. The van der Waals surface area contributed by atoms with Crippen molar-refractivity contribution in [1.82, 2.24) is 5.32 Å². The summed E-state index contributed by atoms with van der Waals surface area (Å²) in [5.74, 6) is 0.532. The van der Waals surface area contributed by atoms with E-state index in [1.54, 1.807) is 6.07 Å². The van der Waals surface area contributed by atoms with Gasteiger partial charge in [0.2, 0.25) is 0 Å². The van der Waals surface area contributed by atoms with E-state index in [4.69, 9.17) is 0 Å². The average Bonchev–Trinajstić information content (AvgIpc) is 2.73. The van der Waals surface area contributed by atoms with Gasteiger partial charge in [-0.2, -0.15) is 0 Å². The van der Waals surface area contributed by atoms with Crippen molar-refractivity contribution in [3.63, 3.8) is 0 Å². The van der Waals surface area contributed by atoms with Gasteiger partial charge in [0.05, 0.1) is 10.6 Å². The summed E-state index contributed by atoms with van der Waals surface area (Å²) < 4.78 is 24.7. The summed E-state index contributed by atoms with van der Waals surface area (Å²) in [7, 11) is -3.14. The molecule has 1 N–H and O–H groups in total. The van der Waals surface area contributed by atoms with Crippen LogP contribution in [0.2, 0.25) is 0 Å². The van der Waals surface area contributed by atoms with Gasteiger partial charge < -0.3 is 5.32 Å². The van der Waals surface area contributed by atoms with Gasteiger partial charge in [-0.3, -0.25) is 0 Å². The third-order valence-electron chi connectivity index (χ3n) is 3.30. The summed E-state index contributed by atoms with van der Waals surface area (Å²) in [6.07, 6.45) is 0.962. The Labute approximate surface area is 103 Å². The molecule has 1 unspecified atom stereocenters. The third kappa shape index (κ3) is 2.87. The van der Waals surface area contributed by atoms with Crippen LogP contribution in [0, 0.1) is 19.8 Å². The summed E-state index contributed by atoms with van der Waals surface area (Å²) in [4.78, 5) is 0.504. The molecule has 3 nitrogen and oxygen atoms in total. The molecule has 1 aliphatic heterocycles. The van der Waals surface area contributed by atoms with Crippen molar-refractivity contribution in [3.05, 3.63) is 29.3 Å². The molecular weight excluding hydrogens is 234 g/mol. The molecule has 4 heteroatoms. The first-order valence-corrected chi connectivity index (χ1v) is 7.65. The fraction of sp³-hybridized carbons (Fsp3) is 0.538. The molecule has 0 radical (unpaired) electrons. The van der Waals surface area contributed by atoms with Gasteiger partial charge in [-0.25, -0.2) is 8.42 Å². The maximum atomic E-state index is 12.3. The Bertz CT molecular complexity index is 502. The highest BCUT2D eigenvalue weighted by Crippen LogP contribution is 2.22. The predicted molar refractivity (Wildman–Crippen MR) is 68.9 cm³/mol. The number of sulfone groups is 1. The molecule has 0 aromatic heterocycles. The van der Waals surface area contributed by atoms with Crippen molar-refractivity contribution in [2.75, 3.05) is 18.8 Å². The van der Waals surface area contributed by atoms with E-state index in [9.17, 15) is 8.42 Å². The van der Waals surface area contributed by atoms with Crippen LogP contribution in [0.15, 0.2) is 23.1 Å². The fourth-order valence-electron chi connectivity index (χ4n) is 2.30. The van der Waals surface area contributed by atoms with Crippen LogP contribution in [0.3, 0.4) is 0 Å². The van der Waals surface area contributed by atoms with E-state index in [1.807, 2.05) is 26.0 Å². The molecule has 0 bridgehead atoms. The molecule has 1 fully saturated rings. The van der Waals surface area contributed by atoms with E-state index in [-0.39, 0.29) is 11.7 Å². The van der Waals surface area contributed by atoms with E-state index < -0.39 is 9.84 Å². The van der Waals surface area contributed by atoms with Crippen LogP contribution in [-0.4, -0.2) is 27.3 Å². The Kier molecular flexibility index (Phi) is 3.54. The smallest absolute Gasteiger partial charge is 0.178 e. The van der Waals surface area contributed by atoms with E-state index >= 15 is 0 Å². The van der Waals surface area contributed by atoms with Crippen molar-refractivity contribution >= 4 is 9.84 Å². The topological polar surface area (TPSA) is 46.2 Å². The second-order valence-electron chi connectivity index (χ2n) is 4.91. The predicted octanol–water partition coefficient (Wildman–Crippen LogP) is 1.69. The lowest BCUT2D eigenvalue weighted by molar-refractivity contribution is 0.570. The van der Waals surface area contributed by atoms with Gasteiger partial charge in [0.25, 0.3) is 0 Å². The zero-order chi connectivity index (χ0) is 12.5. The first-order chi connectivity index (χ1) is 7.99. The van der Waals surface area contributed by atoms with Gasteiger partial charge in [-0.15, -0.1) is 0 Å². The van der Waals surface area contributed by atoms with Crippen LogP contribution < -0.4 is 5.32 Å². The highest BCUT2D eigenvalue weighted by Gasteiger charge is 2.24. The van der Waals surface area contributed by atoms with Crippen LogP contribution in [0.5, 0.6) is 0 Å². The highest BCUT2D eigenvalue weighted by molar-refractivity contribution is 7.91. The van der Waals surface area contributed by atoms with Crippen LogP contribution in [0.1, 0.15) is 17.5 Å². The summed E-state index contributed by atoms with van der Waals surface area (Å²) >= 11 is 0. The number of rotatable bonds is 3. The first-order valence-electron chi connectivity index (χ1n) is 6.00. The highest BCUT2D eigenvalue weighted by atomic mass is 32.2. The molecule has 0 spiro atoms. The van der Waals surface area contributed by atoms with Crippen molar-refractivity contribution in [2.45, 2.75) is 25.2 Å². The Morgan fingerprint density at radius 1 is 1.35 bits per heavy atom. The minimum absolute atomic E-state index is 0.264. The Balaban J connectivity index is 2.27. The van der Waals surface area contributed by atoms with Gasteiger partial charge in [-0.1, -0.05) is 12.1 Å². The molecule has 94 valence electrons. The van der Waals surface area contributed by atoms with Crippen LogP contribution >= 0.6 is 0 Å². The largest absolute Gasteiger partial charge is 0.316 e. The van der Waals surface area contributed by atoms with Crippen LogP contribution in [0.25, 0.3) is 0 Å². The van der Waals surface area contributed by atoms with Crippen LogP contribution in [-0.2, 0) is 9.84 Å². The maximum Gasteiger partial charge on any atom is 0.178 e. The summed E-state index contributed by atoms with van der Waals surface area (Å²) in [6.45, 7) is 5.55. The van der Waals surface area contributed by atoms with Crippen molar-refractivity contribution in [3.8, 4) is 0 Å². The molecule has 0 saturated carbocycles. The maximum absolute atomic E-state index is 12.3. The van der Waals surface area contributed by atoms with E-state index in [2.05, 4.69) is 5.32 Å². The third-order valence-corrected chi connectivity index (χ3v) is 5.32. The number of nitrogens with one attached hydrogen (secondary N) is 1. The summed E-state index contributed by atoms with van der Waals surface area (Å²) in [5, 5.41) is 3.21. The molecule has 1 saturated heterocycles. The molecule has 1 heterocycles. The van der Waals surface area contributed by atoms with Gasteiger partial charge in [-0.05, 0) is 56.5 Å². The molecule has 1 atom stereocenters. The Hall–Kier alpha value is -0.870. The first kappa shape index (κ1) is 12.6. The minimum Gasteiger partial charge on any atom is -0.316 e. The number of hydrogen-bond acceptors (Lipinski definition) is 3. The minimum atomic E-state index is -3.14. The van der Waals surface area contributed by atoms with Gasteiger partial charge in [0.1, 0.15) is 0 Å². The molecule has 1 aliphatic rings. The molecule has 0 aliphatic carbocycles. The van der Waals surface area contributed by atoms with Gasteiger partial charge >= 0.3 is 0 Å². The second-order valence-corrected chi connectivity index (χ2v) is 6.91. The quantitative estimate of drug-likeness (QED) is 0.891. The van der Waals surface area contributed by atoms with Crippen LogP contribution in [0.4, 0.5) is 0 Å². The molecule has 0 amide bonds. The van der Waals surface area contributed by atoms with E-state index in [1.165, 1.54) is 0 Å². The van der Waals surface area contributed by atoms with Gasteiger partial charge in [0, 0.05) is 0 Å². The lowest BCUT2D eigenvalue weighted by Gasteiger charge is -2.12. The lowest BCUT2D eigenvalue weighted by Crippen LogP contribution is -2.19. The van der Waals surface area contributed by atoms with Gasteiger partial charge in [0.15, 0.2) is 9.84 Å². The van der Waals surface area contributed by atoms with Crippen molar-refractivity contribution < 1.29 is 8.42 Å².